The van der Waals surface area contributed by atoms with E-state index >= 15 is 0 Å². The molecule has 4 rings (SSSR count). The lowest BCUT2D eigenvalue weighted by atomic mass is 9.93. The second-order valence-corrected chi connectivity index (χ2v) is 7.86. The van der Waals surface area contributed by atoms with Crippen molar-refractivity contribution in [2.24, 2.45) is 0 Å². The van der Waals surface area contributed by atoms with Crippen molar-refractivity contribution >= 4 is 17.5 Å². The molecule has 3 heterocycles. The van der Waals surface area contributed by atoms with Gasteiger partial charge >= 0.3 is 0 Å². The third-order valence-corrected chi connectivity index (χ3v) is 5.67. The number of hydrogen-bond acceptors (Lipinski definition) is 4. The van der Waals surface area contributed by atoms with Crippen LogP contribution < -0.4 is 10.2 Å². The van der Waals surface area contributed by atoms with Crippen molar-refractivity contribution in [1.82, 2.24) is 9.88 Å². The van der Waals surface area contributed by atoms with E-state index in [4.69, 9.17) is 9.15 Å². The molecule has 0 saturated heterocycles. The molecule has 8 heteroatoms. The number of nitrogens with zero attached hydrogens (tertiary/aromatic N) is 2. The molecular formula is C24H26FN3O4. The number of carbonyl (C=O) groups is 2. The van der Waals surface area contributed by atoms with Crippen molar-refractivity contribution in [3.63, 3.8) is 0 Å². The molecule has 1 aliphatic rings. The number of nitrogens with one attached hydrogen (secondary N) is 1. The van der Waals surface area contributed by atoms with E-state index in [1.165, 1.54) is 29.2 Å². The molecule has 0 saturated carbocycles. The molecule has 2 aromatic heterocycles. The number of aromatic nitrogens is 1. The Labute approximate surface area is 185 Å². The number of amides is 2. The second-order valence-electron chi connectivity index (χ2n) is 7.86. The number of carbonyl (C=O) groups excluding carboxylic acids is 2. The van der Waals surface area contributed by atoms with Crippen LogP contribution in [-0.4, -0.2) is 41.7 Å². The Morgan fingerprint density at radius 3 is 2.62 bits per heavy atom. The monoisotopic (exact) mass is 439 g/mol. The van der Waals surface area contributed by atoms with Gasteiger partial charge in [0.1, 0.15) is 22.8 Å². The van der Waals surface area contributed by atoms with E-state index in [-0.39, 0.29) is 18.4 Å². The average Bonchev–Trinajstić information content (AvgIpc) is 3.44. The largest absolute Gasteiger partial charge is 0.463 e. The molecule has 32 heavy (non-hydrogen) atoms. The van der Waals surface area contributed by atoms with Crippen molar-refractivity contribution in [2.75, 3.05) is 24.7 Å². The van der Waals surface area contributed by atoms with Gasteiger partial charge in [-0.2, -0.15) is 0 Å². The van der Waals surface area contributed by atoms with E-state index in [2.05, 4.69) is 5.32 Å². The normalized spacial score (nSPS) is 18.0. The highest BCUT2D eigenvalue weighted by Gasteiger charge is 2.48. The summed E-state index contributed by atoms with van der Waals surface area (Å²) >= 11 is 0. The highest BCUT2D eigenvalue weighted by atomic mass is 19.1. The van der Waals surface area contributed by atoms with Crippen molar-refractivity contribution < 1.29 is 23.1 Å². The van der Waals surface area contributed by atoms with Gasteiger partial charge in [-0.3, -0.25) is 14.5 Å². The number of anilines is 1. The molecule has 1 aromatic carbocycles. The van der Waals surface area contributed by atoms with Crippen molar-refractivity contribution in [3.05, 3.63) is 66.3 Å². The topological polar surface area (TPSA) is 76.7 Å². The van der Waals surface area contributed by atoms with Crippen LogP contribution in [0, 0.1) is 5.82 Å². The van der Waals surface area contributed by atoms with E-state index < -0.39 is 11.4 Å². The van der Waals surface area contributed by atoms with E-state index in [0.29, 0.717) is 49.0 Å². The summed E-state index contributed by atoms with van der Waals surface area (Å²) in [6.07, 6.45) is 2.22. The molecule has 0 aliphatic carbocycles. The van der Waals surface area contributed by atoms with Crippen LogP contribution in [0.3, 0.4) is 0 Å². The van der Waals surface area contributed by atoms with E-state index in [0.717, 1.165) is 0 Å². The van der Waals surface area contributed by atoms with Gasteiger partial charge < -0.3 is 19.0 Å². The molecule has 0 bridgehead atoms. The van der Waals surface area contributed by atoms with Gasteiger partial charge in [-0.05, 0) is 68.8 Å². The molecule has 168 valence electrons. The summed E-state index contributed by atoms with van der Waals surface area (Å²) in [5.74, 6) is -0.438. The van der Waals surface area contributed by atoms with Gasteiger partial charge in [-0.15, -0.1) is 0 Å². The quantitative estimate of drug-likeness (QED) is 0.541. The third-order valence-electron chi connectivity index (χ3n) is 5.67. The number of fused-ring (bicyclic) bond motifs is 1. The highest BCUT2D eigenvalue weighted by molar-refractivity contribution is 6.12. The molecule has 2 amide bonds. The maximum absolute atomic E-state index is 13.6. The van der Waals surface area contributed by atoms with Gasteiger partial charge in [0.25, 0.3) is 5.91 Å². The summed E-state index contributed by atoms with van der Waals surface area (Å²) in [6, 6.07) is 12.7. The van der Waals surface area contributed by atoms with Gasteiger partial charge in [0, 0.05) is 25.4 Å². The predicted molar refractivity (Wildman–Crippen MR) is 118 cm³/mol. The minimum Gasteiger partial charge on any atom is -0.463 e. The van der Waals surface area contributed by atoms with Gasteiger partial charge in [-0.1, -0.05) is 0 Å². The number of hydrogen-bond donors (Lipinski definition) is 1. The maximum atomic E-state index is 13.6. The number of rotatable bonds is 8. The average molecular weight is 439 g/mol. The van der Waals surface area contributed by atoms with E-state index in [1.807, 2.05) is 13.0 Å². The fourth-order valence-electron chi connectivity index (χ4n) is 4.06. The molecular weight excluding hydrogens is 413 g/mol. The molecule has 0 radical (unpaired) electrons. The first-order valence-electron chi connectivity index (χ1n) is 10.7. The van der Waals surface area contributed by atoms with Crippen LogP contribution in [0.4, 0.5) is 10.1 Å². The summed E-state index contributed by atoms with van der Waals surface area (Å²) in [6.45, 7) is 5.43. The number of furan rings is 1. The first kappa shape index (κ1) is 21.8. The molecule has 1 aliphatic heterocycles. The smallest absolute Gasteiger partial charge is 0.275 e. The van der Waals surface area contributed by atoms with Crippen LogP contribution in [0.5, 0.6) is 0 Å². The Hall–Kier alpha value is -3.39. The van der Waals surface area contributed by atoms with Gasteiger partial charge in [0.15, 0.2) is 0 Å². The fraction of sp³-hybridized carbons (Fsp3) is 0.333. The Morgan fingerprint density at radius 2 is 1.94 bits per heavy atom. The molecule has 0 unspecified atom stereocenters. The molecule has 0 fully saturated rings. The Balaban J connectivity index is 1.71. The number of benzene rings is 1. The van der Waals surface area contributed by atoms with Crippen LogP contribution >= 0.6 is 0 Å². The second kappa shape index (κ2) is 9.00. The molecule has 0 spiro atoms. The summed E-state index contributed by atoms with van der Waals surface area (Å²) < 4.78 is 26.2. The molecule has 1 N–H and O–H groups in total. The summed E-state index contributed by atoms with van der Waals surface area (Å²) in [4.78, 5) is 28.5. The predicted octanol–water partition coefficient (Wildman–Crippen LogP) is 3.85. The van der Waals surface area contributed by atoms with Crippen molar-refractivity contribution in [1.29, 1.82) is 0 Å². The lowest BCUT2D eigenvalue weighted by Crippen LogP contribution is -2.64. The summed E-state index contributed by atoms with van der Waals surface area (Å²) in [5.41, 5.74) is 0.360. The van der Waals surface area contributed by atoms with Crippen LogP contribution in [-0.2, 0) is 16.1 Å². The summed E-state index contributed by atoms with van der Waals surface area (Å²) in [5, 5.41) is 2.94. The lowest BCUT2D eigenvalue weighted by molar-refractivity contribution is -0.126. The van der Waals surface area contributed by atoms with Crippen LogP contribution in [0.25, 0.3) is 11.5 Å². The van der Waals surface area contributed by atoms with E-state index in [9.17, 15) is 14.0 Å². The van der Waals surface area contributed by atoms with Crippen molar-refractivity contribution in [2.45, 2.75) is 32.4 Å². The number of ether oxygens (including phenoxy) is 1. The molecule has 1 atom stereocenters. The minimum absolute atomic E-state index is 0.214. The molecule has 7 nitrogen and oxygen atoms in total. The summed E-state index contributed by atoms with van der Waals surface area (Å²) in [7, 11) is 0. The Kier molecular flexibility index (Phi) is 6.14. The fourth-order valence-corrected chi connectivity index (χ4v) is 4.06. The van der Waals surface area contributed by atoms with Gasteiger partial charge in [0.05, 0.1) is 18.5 Å². The zero-order valence-electron chi connectivity index (χ0n) is 18.1. The zero-order valence-corrected chi connectivity index (χ0v) is 18.1. The Morgan fingerprint density at radius 1 is 1.19 bits per heavy atom. The minimum atomic E-state index is -1.24. The SMILES string of the molecule is CCOCCCNC(=O)[C@]1(C)Cn2c(ccc2-c2ccco2)C(=O)N1c1ccc(F)cc1. The molecule has 3 aromatic rings. The van der Waals surface area contributed by atoms with Crippen LogP contribution in [0.1, 0.15) is 30.8 Å². The standard InChI is InChI=1S/C24H26FN3O4/c1-3-31-14-5-13-26-23(30)24(2)16-27-19(21-6-4-15-32-21)11-12-20(27)22(29)28(24)18-9-7-17(25)8-10-18/h4,6-12,15H,3,5,13-14,16H2,1-2H3,(H,26,30)/t24-/m0/s1. The van der Waals surface area contributed by atoms with Crippen molar-refractivity contribution in [3.8, 4) is 11.5 Å². The highest BCUT2D eigenvalue weighted by Crippen LogP contribution is 2.36. The van der Waals surface area contributed by atoms with Crippen LogP contribution in [0.2, 0.25) is 0 Å². The Bertz CT molecular complexity index is 1090. The lowest BCUT2D eigenvalue weighted by Gasteiger charge is -2.44. The first-order valence-corrected chi connectivity index (χ1v) is 10.7. The van der Waals surface area contributed by atoms with E-state index in [1.54, 1.807) is 36.0 Å². The zero-order chi connectivity index (χ0) is 22.7. The maximum Gasteiger partial charge on any atom is 0.275 e. The number of halogens is 1. The van der Waals surface area contributed by atoms with Gasteiger partial charge in [-0.25, -0.2) is 4.39 Å². The first-order chi connectivity index (χ1) is 15.5. The van der Waals surface area contributed by atoms with Crippen LogP contribution in [0.15, 0.2) is 59.2 Å². The van der Waals surface area contributed by atoms with Gasteiger partial charge in [0.2, 0.25) is 5.91 Å². The third kappa shape index (κ3) is 3.93.